The van der Waals surface area contributed by atoms with Crippen molar-refractivity contribution in [3.8, 4) is 22.3 Å². The van der Waals surface area contributed by atoms with E-state index in [9.17, 15) is 0 Å². The predicted molar refractivity (Wildman–Crippen MR) is 127 cm³/mol. The predicted octanol–water partition coefficient (Wildman–Crippen LogP) is 6.38. The maximum Gasteiger partial charge on any atom is 0.0611 e. The molecule has 7 rings (SSSR count). The first-order valence-corrected chi connectivity index (χ1v) is 11.5. The molecule has 5 aromatic rings. The van der Waals surface area contributed by atoms with E-state index in [0.29, 0.717) is 0 Å². The lowest BCUT2D eigenvalue weighted by atomic mass is 9.98. The van der Waals surface area contributed by atoms with E-state index in [1.54, 1.807) is 0 Å². The Morgan fingerprint density at radius 2 is 1.27 bits per heavy atom. The van der Waals surface area contributed by atoms with Crippen molar-refractivity contribution in [1.29, 1.82) is 0 Å². The summed E-state index contributed by atoms with van der Waals surface area (Å²) in [6.45, 7) is 0. The number of hydrogen-bond acceptors (Lipinski definition) is 2. The van der Waals surface area contributed by atoms with Crippen molar-refractivity contribution in [3.05, 3.63) is 103 Å². The van der Waals surface area contributed by atoms with Crippen molar-refractivity contribution in [2.45, 2.75) is 0 Å². The molecule has 140 valence electrons. The normalized spacial score (nSPS) is 15.6. The average molecular weight is 400 g/mol. The third-order valence-corrected chi connectivity index (χ3v) is 8.67. The van der Waals surface area contributed by atoms with Crippen molar-refractivity contribution in [3.63, 3.8) is 0 Å². The maximum atomic E-state index is 4.46. The van der Waals surface area contributed by atoms with Crippen LogP contribution in [-0.2, 0) is 0 Å². The number of fused-ring (bicyclic) bond motifs is 12. The minimum Gasteiger partial charge on any atom is -0.310 e. The summed E-state index contributed by atoms with van der Waals surface area (Å²) in [5, 5.41) is 5.43. The van der Waals surface area contributed by atoms with Crippen molar-refractivity contribution >= 4 is 40.8 Å². The molecule has 0 fully saturated rings. The van der Waals surface area contributed by atoms with Gasteiger partial charge >= 0.3 is 0 Å². The molecule has 2 aliphatic heterocycles. The zero-order valence-corrected chi connectivity index (χ0v) is 17.1. The fourth-order valence-electron chi connectivity index (χ4n) is 4.86. The Hall–Kier alpha value is -3.48. The first-order valence-electron chi connectivity index (χ1n) is 10.2. The third-order valence-electron chi connectivity index (χ3n) is 6.16. The van der Waals surface area contributed by atoms with Crippen LogP contribution in [0.1, 0.15) is 0 Å². The minimum atomic E-state index is -0.719. The Labute approximate surface area is 176 Å². The molecule has 0 N–H and O–H groups in total. The highest BCUT2D eigenvalue weighted by Crippen LogP contribution is 2.60. The van der Waals surface area contributed by atoms with Crippen molar-refractivity contribution in [1.82, 2.24) is 4.98 Å². The lowest BCUT2D eigenvalue weighted by Gasteiger charge is -2.44. The van der Waals surface area contributed by atoms with Crippen LogP contribution in [0.3, 0.4) is 0 Å². The Balaban J connectivity index is 1.65. The highest BCUT2D eigenvalue weighted by Gasteiger charge is 2.39. The van der Waals surface area contributed by atoms with E-state index in [4.69, 9.17) is 0 Å². The molecule has 3 heterocycles. The van der Waals surface area contributed by atoms with Crippen molar-refractivity contribution in [2.24, 2.45) is 0 Å². The molecular weight excluding hydrogens is 383 g/mol. The summed E-state index contributed by atoms with van der Waals surface area (Å²) in [6, 6.07) is 33.4. The number of hydrogen-bond donors (Lipinski definition) is 0. The molecule has 1 atom stereocenters. The van der Waals surface area contributed by atoms with Gasteiger partial charge in [-0.3, -0.25) is 4.98 Å². The first kappa shape index (κ1) is 16.3. The molecule has 30 heavy (non-hydrogen) atoms. The lowest BCUT2D eigenvalue weighted by Crippen LogP contribution is -2.33. The summed E-state index contributed by atoms with van der Waals surface area (Å²) in [7, 11) is -0.719. The number of nitrogens with zero attached hydrogens (tertiary/aromatic N) is 2. The van der Waals surface area contributed by atoms with Gasteiger partial charge in [0.1, 0.15) is 0 Å². The number of anilines is 2. The van der Waals surface area contributed by atoms with Gasteiger partial charge in [-0.25, -0.2) is 0 Å². The first-order chi connectivity index (χ1) is 14.9. The molecule has 0 amide bonds. The van der Waals surface area contributed by atoms with Crippen LogP contribution >= 0.6 is 8.07 Å². The lowest BCUT2D eigenvalue weighted by molar-refractivity contribution is 1.29. The van der Waals surface area contributed by atoms with E-state index in [1.165, 1.54) is 55.0 Å². The van der Waals surface area contributed by atoms with Gasteiger partial charge in [-0.15, -0.1) is 0 Å². The molecule has 0 saturated carbocycles. The summed E-state index contributed by atoms with van der Waals surface area (Å²) in [5.74, 6) is 0. The van der Waals surface area contributed by atoms with Gasteiger partial charge in [0, 0.05) is 34.1 Å². The fourth-order valence-corrected chi connectivity index (χ4v) is 7.66. The zero-order valence-electron chi connectivity index (χ0n) is 16.2. The smallest absolute Gasteiger partial charge is 0.0611 e. The summed E-state index contributed by atoms with van der Waals surface area (Å²) < 4.78 is 2.57. The van der Waals surface area contributed by atoms with Gasteiger partial charge in [0.2, 0.25) is 0 Å². The average Bonchev–Trinajstić information content (AvgIpc) is 2.82. The van der Waals surface area contributed by atoms with Crippen molar-refractivity contribution < 1.29 is 0 Å². The van der Waals surface area contributed by atoms with Crippen LogP contribution in [-0.4, -0.2) is 4.98 Å². The number of para-hydroxylation sites is 1. The largest absolute Gasteiger partial charge is 0.310 e. The molecule has 0 saturated heterocycles. The van der Waals surface area contributed by atoms with Gasteiger partial charge in [0.05, 0.1) is 19.4 Å². The van der Waals surface area contributed by atoms with Crippen LogP contribution in [0.15, 0.2) is 103 Å². The molecule has 0 aliphatic carbocycles. The van der Waals surface area contributed by atoms with Crippen LogP contribution in [0.2, 0.25) is 0 Å². The van der Waals surface area contributed by atoms with Gasteiger partial charge in [0.25, 0.3) is 0 Å². The topological polar surface area (TPSA) is 16.1 Å². The molecule has 3 heteroatoms. The molecule has 1 unspecified atom stereocenters. The summed E-state index contributed by atoms with van der Waals surface area (Å²) in [4.78, 5) is 4.46. The Morgan fingerprint density at radius 3 is 2.17 bits per heavy atom. The molecule has 2 nitrogen and oxygen atoms in total. The van der Waals surface area contributed by atoms with Crippen LogP contribution in [0, 0.1) is 0 Å². The Morgan fingerprint density at radius 1 is 0.567 bits per heavy atom. The number of rotatable bonds is 0. The third kappa shape index (κ3) is 2.09. The highest BCUT2D eigenvalue weighted by atomic mass is 31.1. The fraction of sp³-hybridized carbons (Fsp3) is 0. The second-order valence-corrected chi connectivity index (χ2v) is 9.75. The molecule has 4 aromatic carbocycles. The number of benzene rings is 4. The number of aromatic nitrogens is 1. The summed E-state index contributed by atoms with van der Waals surface area (Å²) in [6.07, 6.45) is 3.93. The van der Waals surface area contributed by atoms with Crippen molar-refractivity contribution in [2.75, 3.05) is 4.67 Å². The quantitative estimate of drug-likeness (QED) is 0.280. The zero-order chi connectivity index (χ0) is 19.7. The van der Waals surface area contributed by atoms with Crippen LogP contribution in [0.25, 0.3) is 33.0 Å². The second-order valence-electron chi connectivity index (χ2n) is 7.77. The molecular formula is C27H17N2P. The van der Waals surface area contributed by atoms with Gasteiger partial charge in [-0.2, -0.15) is 0 Å². The van der Waals surface area contributed by atoms with E-state index in [2.05, 4.69) is 101 Å². The molecule has 0 radical (unpaired) electrons. The molecule has 0 bridgehead atoms. The second kappa shape index (κ2) is 6.01. The van der Waals surface area contributed by atoms with Gasteiger partial charge in [0.15, 0.2) is 0 Å². The number of pyridine rings is 1. The SMILES string of the molecule is c1ccc2c(c1)-c1cc3ccccc3cc1P1c3ccccc3-c3cnccc3N21. The van der Waals surface area contributed by atoms with E-state index >= 15 is 0 Å². The van der Waals surface area contributed by atoms with Gasteiger partial charge in [-0.1, -0.05) is 66.7 Å². The van der Waals surface area contributed by atoms with Gasteiger partial charge < -0.3 is 4.67 Å². The summed E-state index contributed by atoms with van der Waals surface area (Å²) >= 11 is 0. The van der Waals surface area contributed by atoms with E-state index < -0.39 is 8.07 Å². The standard InChI is InChI=1S/C27H17N2P/c1-2-8-19-16-27-22(15-18(19)7-1)20-9-3-5-11-24(20)29-25-13-14-28-17-23(25)21-10-4-6-12-26(21)30(27)29/h1-17H. The maximum absolute atomic E-state index is 4.46. The van der Waals surface area contributed by atoms with E-state index in [-0.39, 0.29) is 0 Å². The van der Waals surface area contributed by atoms with Crippen LogP contribution in [0.4, 0.5) is 11.4 Å². The highest BCUT2D eigenvalue weighted by molar-refractivity contribution is 7.75. The molecule has 1 aromatic heterocycles. The Kier molecular flexibility index (Phi) is 3.27. The summed E-state index contributed by atoms with van der Waals surface area (Å²) in [5.41, 5.74) is 7.72. The minimum absolute atomic E-state index is 0.719. The van der Waals surface area contributed by atoms with Gasteiger partial charge in [-0.05, 0) is 46.2 Å². The monoisotopic (exact) mass is 400 g/mol. The Bertz CT molecular complexity index is 1470. The van der Waals surface area contributed by atoms with E-state index in [0.717, 1.165) is 0 Å². The molecule has 0 spiro atoms. The van der Waals surface area contributed by atoms with E-state index in [1.807, 2.05) is 12.4 Å². The van der Waals surface area contributed by atoms with Crippen LogP contribution in [0.5, 0.6) is 0 Å². The van der Waals surface area contributed by atoms with Crippen LogP contribution < -0.4 is 15.3 Å². The molecule has 2 aliphatic rings.